The van der Waals surface area contributed by atoms with E-state index in [9.17, 15) is 4.79 Å². The summed E-state index contributed by atoms with van der Waals surface area (Å²) in [6.07, 6.45) is 1.37. The van der Waals surface area contributed by atoms with Gasteiger partial charge >= 0.3 is 5.97 Å². The average Bonchev–Trinajstić information content (AvgIpc) is 2.32. The van der Waals surface area contributed by atoms with Crippen LogP contribution in [-0.2, 0) is 20.9 Å². The van der Waals surface area contributed by atoms with Gasteiger partial charge in [-0.25, -0.2) is 0 Å². The maximum atomic E-state index is 10.6. The van der Waals surface area contributed by atoms with Gasteiger partial charge in [0.25, 0.3) is 0 Å². The van der Waals surface area contributed by atoms with Gasteiger partial charge in [-0.1, -0.05) is 30.3 Å². The van der Waals surface area contributed by atoms with E-state index in [-0.39, 0.29) is 12.0 Å². The van der Waals surface area contributed by atoms with E-state index >= 15 is 0 Å². The lowest BCUT2D eigenvalue weighted by atomic mass is 9.82. The Hall–Kier alpha value is -1.39. The average molecular weight is 250 g/mol. The normalized spacial score (nSPS) is 22.4. The van der Waals surface area contributed by atoms with Crippen LogP contribution in [0.3, 0.4) is 0 Å². The Morgan fingerprint density at radius 2 is 1.94 bits per heavy atom. The predicted molar refractivity (Wildman–Crippen MR) is 66.2 cm³/mol. The van der Waals surface area contributed by atoms with Crippen molar-refractivity contribution >= 4 is 5.97 Å². The Labute approximate surface area is 107 Å². The van der Waals surface area contributed by atoms with Gasteiger partial charge in [-0.2, -0.15) is 0 Å². The number of carboxylic acid groups (broad SMARTS) is 1. The second-order valence-corrected chi connectivity index (χ2v) is 4.54. The zero-order chi connectivity index (χ0) is 12.8. The number of ether oxygens (including phenoxy) is 2. The third-order valence-electron chi connectivity index (χ3n) is 3.14. The number of carboxylic acids is 1. The van der Waals surface area contributed by atoms with Gasteiger partial charge in [-0.05, 0) is 18.4 Å². The molecular weight excluding hydrogens is 232 g/mol. The standard InChI is InChI=1S/C14H18O4/c15-14(16)12-8-13(9-12)18-7-6-17-10-11-4-2-1-3-5-11/h1-5,12-13H,6-10H2,(H,15,16). The highest BCUT2D eigenvalue weighted by atomic mass is 16.5. The molecule has 0 heterocycles. The van der Waals surface area contributed by atoms with E-state index < -0.39 is 5.97 Å². The minimum Gasteiger partial charge on any atom is -0.481 e. The molecule has 0 atom stereocenters. The van der Waals surface area contributed by atoms with Crippen LogP contribution in [0, 0.1) is 5.92 Å². The van der Waals surface area contributed by atoms with Gasteiger partial charge in [0, 0.05) is 0 Å². The van der Waals surface area contributed by atoms with E-state index in [1.807, 2.05) is 30.3 Å². The molecule has 0 radical (unpaired) electrons. The lowest BCUT2D eigenvalue weighted by Crippen LogP contribution is -2.36. The molecular formula is C14H18O4. The SMILES string of the molecule is O=C(O)C1CC(OCCOCc2ccccc2)C1. The Balaban J connectivity index is 1.49. The van der Waals surface area contributed by atoms with Crippen LogP contribution < -0.4 is 0 Å². The van der Waals surface area contributed by atoms with Crippen LogP contribution in [-0.4, -0.2) is 30.4 Å². The van der Waals surface area contributed by atoms with Crippen molar-refractivity contribution in [1.29, 1.82) is 0 Å². The second-order valence-electron chi connectivity index (χ2n) is 4.54. The van der Waals surface area contributed by atoms with Crippen LogP contribution in [0.4, 0.5) is 0 Å². The zero-order valence-corrected chi connectivity index (χ0v) is 10.2. The van der Waals surface area contributed by atoms with E-state index in [0.717, 1.165) is 5.56 Å². The third-order valence-corrected chi connectivity index (χ3v) is 3.14. The molecule has 2 rings (SSSR count). The highest BCUT2D eigenvalue weighted by Gasteiger charge is 2.34. The molecule has 1 fully saturated rings. The molecule has 98 valence electrons. The number of aliphatic carboxylic acids is 1. The van der Waals surface area contributed by atoms with Crippen molar-refractivity contribution in [3.63, 3.8) is 0 Å². The highest BCUT2D eigenvalue weighted by molar-refractivity contribution is 5.71. The molecule has 4 nitrogen and oxygen atoms in total. The van der Waals surface area contributed by atoms with Crippen molar-refractivity contribution in [3.8, 4) is 0 Å². The second kappa shape index (κ2) is 6.52. The van der Waals surface area contributed by atoms with Crippen LogP contribution in [0.1, 0.15) is 18.4 Å². The smallest absolute Gasteiger partial charge is 0.306 e. The summed E-state index contributed by atoms with van der Waals surface area (Å²) < 4.78 is 11.0. The van der Waals surface area contributed by atoms with Gasteiger partial charge in [0.05, 0.1) is 31.8 Å². The van der Waals surface area contributed by atoms with Crippen LogP contribution in [0.2, 0.25) is 0 Å². The molecule has 1 aliphatic carbocycles. The summed E-state index contributed by atoms with van der Waals surface area (Å²) >= 11 is 0. The first kappa shape index (κ1) is 13.1. The van der Waals surface area contributed by atoms with Gasteiger partial charge in [0.15, 0.2) is 0 Å². The van der Waals surface area contributed by atoms with E-state index in [1.165, 1.54) is 0 Å². The molecule has 4 heteroatoms. The Morgan fingerprint density at radius 3 is 2.61 bits per heavy atom. The molecule has 0 aliphatic heterocycles. The fraction of sp³-hybridized carbons (Fsp3) is 0.500. The van der Waals surface area contributed by atoms with Crippen molar-refractivity contribution in [2.75, 3.05) is 13.2 Å². The molecule has 1 saturated carbocycles. The van der Waals surface area contributed by atoms with Gasteiger partial charge in [-0.3, -0.25) is 4.79 Å². The largest absolute Gasteiger partial charge is 0.481 e. The first-order valence-electron chi connectivity index (χ1n) is 6.22. The van der Waals surface area contributed by atoms with Gasteiger partial charge in [0.1, 0.15) is 0 Å². The molecule has 0 amide bonds. The van der Waals surface area contributed by atoms with Crippen molar-refractivity contribution in [2.45, 2.75) is 25.6 Å². The summed E-state index contributed by atoms with van der Waals surface area (Å²) in [6.45, 7) is 1.67. The van der Waals surface area contributed by atoms with Gasteiger partial charge in [0.2, 0.25) is 0 Å². The summed E-state index contributed by atoms with van der Waals surface area (Å²) in [7, 11) is 0. The van der Waals surface area contributed by atoms with Crippen molar-refractivity contribution < 1.29 is 19.4 Å². The number of carbonyl (C=O) groups is 1. The van der Waals surface area contributed by atoms with Crippen molar-refractivity contribution in [3.05, 3.63) is 35.9 Å². The molecule has 0 unspecified atom stereocenters. The quantitative estimate of drug-likeness (QED) is 0.753. The minimum absolute atomic E-state index is 0.103. The van der Waals surface area contributed by atoms with E-state index in [0.29, 0.717) is 32.7 Å². The molecule has 0 bridgehead atoms. The topological polar surface area (TPSA) is 55.8 Å². The maximum absolute atomic E-state index is 10.6. The van der Waals surface area contributed by atoms with Crippen LogP contribution in [0.25, 0.3) is 0 Å². The summed E-state index contributed by atoms with van der Waals surface area (Å²) in [5.74, 6) is -0.921. The Bertz CT molecular complexity index is 371. The molecule has 1 aromatic rings. The monoisotopic (exact) mass is 250 g/mol. The van der Waals surface area contributed by atoms with Crippen LogP contribution in [0.15, 0.2) is 30.3 Å². The molecule has 18 heavy (non-hydrogen) atoms. The number of hydrogen-bond acceptors (Lipinski definition) is 3. The lowest BCUT2D eigenvalue weighted by molar-refractivity contribution is -0.151. The van der Waals surface area contributed by atoms with Crippen molar-refractivity contribution in [2.24, 2.45) is 5.92 Å². The highest BCUT2D eigenvalue weighted by Crippen LogP contribution is 2.29. The predicted octanol–water partition coefficient (Wildman–Crippen LogP) is 2.08. The molecule has 1 aromatic carbocycles. The van der Waals surface area contributed by atoms with Crippen LogP contribution >= 0.6 is 0 Å². The zero-order valence-electron chi connectivity index (χ0n) is 10.2. The first-order chi connectivity index (χ1) is 8.75. The summed E-state index contributed by atoms with van der Waals surface area (Å²) in [4.78, 5) is 10.6. The van der Waals surface area contributed by atoms with Crippen molar-refractivity contribution in [1.82, 2.24) is 0 Å². The lowest BCUT2D eigenvalue weighted by Gasteiger charge is -2.31. The van der Waals surface area contributed by atoms with E-state index in [2.05, 4.69) is 0 Å². The summed E-state index contributed by atoms with van der Waals surface area (Å²) in [5, 5.41) is 8.71. The van der Waals surface area contributed by atoms with E-state index in [1.54, 1.807) is 0 Å². The molecule has 1 N–H and O–H groups in total. The van der Waals surface area contributed by atoms with Crippen LogP contribution in [0.5, 0.6) is 0 Å². The molecule has 0 spiro atoms. The molecule has 0 saturated heterocycles. The fourth-order valence-corrected chi connectivity index (χ4v) is 1.94. The maximum Gasteiger partial charge on any atom is 0.306 e. The number of hydrogen-bond donors (Lipinski definition) is 1. The van der Waals surface area contributed by atoms with Gasteiger partial charge < -0.3 is 14.6 Å². The Morgan fingerprint density at radius 1 is 1.22 bits per heavy atom. The molecule has 0 aromatic heterocycles. The number of rotatable bonds is 7. The summed E-state index contributed by atoms with van der Waals surface area (Å²) in [5.41, 5.74) is 1.15. The third kappa shape index (κ3) is 3.82. The Kier molecular flexibility index (Phi) is 4.73. The fourth-order valence-electron chi connectivity index (χ4n) is 1.94. The number of benzene rings is 1. The summed E-state index contributed by atoms with van der Waals surface area (Å²) in [6, 6.07) is 9.97. The first-order valence-corrected chi connectivity index (χ1v) is 6.22. The molecule has 1 aliphatic rings. The van der Waals surface area contributed by atoms with Gasteiger partial charge in [-0.15, -0.1) is 0 Å². The van der Waals surface area contributed by atoms with E-state index in [4.69, 9.17) is 14.6 Å². The minimum atomic E-state index is -0.713.